The summed E-state index contributed by atoms with van der Waals surface area (Å²) in [7, 11) is 0. The summed E-state index contributed by atoms with van der Waals surface area (Å²) < 4.78 is 32.5. The van der Waals surface area contributed by atoms with E-state index in [1.165, 1.54) is 19.1 Å². The standard InChI is InChI=1S/C21H24F2N2O4/c1-12(26)25-19(8-13-6-14(22)9-15(23)7-13)20(28)11-24-18-4-5-29-21-3-2-16(27)10-17(18)21/h2-3,6-7,9-10,18-20,24,27-28H,4-5,8,11H2,1H3,(H,25,26)/t18-,19?,20?/m0/s1. The van der Waals surface area contributed by atoms with Crippen LogP contribution in [0.3, 0.4) is 0 Å². The number of carbonyl (C=O) groups excluding carboxylic acids is 1. The van der Waals surface area contributed by atoms with E-state index in [1.807, 2.05) is 0 Å². The highest BCUT2D eigenvalue weighted by atomic mass is 19.1. The molecule has 1 amide bonds. The third-order valence-electron chi connectivity index (χ3n) is 4.84. The van der Waals surface area contributed by atoms with Crippen LogP contribution in [0, 0.1) is 11.6 Å². The number of phenols is 1. The number of phenolic OH excluding ortho intramolecular Hbond substituents is 1. The number of carbonyl (C=O) groups is 1. The van der Waals surface area contributed by atoms with Gasteiger partial charge in [0.2, 0.25) is 5.91 Å². The van der Waals surface area contributed by atoms with Gasteiger partial charge in [0.1, 0.15) is 23.1 Å². The van der Waals surface area contributed by atoms with Gasteiger partial charge in [0.25, 0.3) is 0 Å². The van der Waals surface area contributed by atoms with Gasteiger partial charge >= 0.3 is 0 Å². The average Bonchev–Trinajstić information content (AvgIpc) is 2.64. The molecule has 1 aliphatic heterocycles. The quantitative estimate of drug-likeness (QED) is 0.566. The van der Waals surface area contributed by atoms with Gasteiger partial charge in [0, 0.05) is 37.6 Å². The third kappa shape index (κ3) is 5.65. The van der Waals surface area contributed by atoms with E-state index in [0.29, 0.717) is 24.3 Å². The minimum atomic E-state index is -1.01. The second-order valence-corrected chi connectivity index (χ2v) is 7.18. The predicted molar refractivity (Wildman–Crippen MR) is 103 cm³/mol. The number of aliphatic hydroxyl groups excluding tert-OH is 1. The lowest BCUT2D eigenvalue weighted by Crippen LogP contribution is -2.48. The first-order valence-electron chi connectivity index (χ1n) is 9.41. The van der Waals surface area contributed by atoms with E-state index in [-0.39, 0.29) is 30.7 Å². The molecule has 156 valence electrons. The Hall–Kier alpha value is -2.71. The fraction of sp³-hybridized carbons (Fsp3) is 0.381. The highest BCUT2D eigenvalue weighted by Crippen LogP contribution is 2.34. The number of fused-ring (bicyclic) bond motifs is 1. The molecule has 0 fully saturated rings. The van der Waals surface area contributed by atoms with Crippen molar-refractivity contribution >= 4 is 5.91 Å². The molecule has 2 aromatic carbocycles. The third-order valence-corrected chi connectivity index (χ3v) is 4.84. The zero-order chi connectivity index (χ0) is 21.0. The lowest BCUT2D eigenvalue weighted by atomic mass is 9.98. The number of rotatable bonds is 7. The molecule has 8 heteroatoms. The number of benzene rings is 2. The monoisotopic (exact) mass is 406 g/mol. The number of nitrogens with one attached hydrogen (secondary N) is 2. The predicted octanol–water partition coefficient (Wildman–Crippen LogP) is 2.19. The molecule has 4 N–H and O–H groups in total. The highest BCUT2D eigenvalue weighted by Gasteiger charge is 2.26. The first-order valence-corrected chi connectivity index (χ1v) is 9.41. The minimum absolute atomic E-state index is 0.0717. The zero-order valence-corrected chi connectivity index (χ0v) is 16.0. The smallest absolute Gasteiger partial charge is 0.217 e. The minimum Gasteiger partial charge on any atom is -0.508 e. The van der Waals surface area contributed by atoms with Gasteiger partial charge in [0.05, 0.1) is 18.8 Å². The molecule has 0 saturated carbocycles. The summed E-state index contributed by atoms with van der Waals surface area (Å²) in [5.41, 5.74) is 1.12. The van der Waals surface area contributed by atoms with Gasteiger partial charge in [-0.05, 0) is 42.3 Å². The van der Waals surface area contributed by atoms with E-state index in [4.69, 9.17) is 4.74 Å². The van der Waals surface area contributed by atoms with Gasteiger partial charge in [-0.25, -0.2) is 8.78 Å². The van der Waals surface area contributed by atoms with Crippen LogP contribution in [0.4, 0.5) is 8.78 Å². The Labute approximate surface area is 167 Å². The van der Waals surface area contributed by atoms with E-state index >= 15 is 0 Å². The molecule has 1 heterocycles. The van der Waals surface area contributed by atoms with Crippen LogP contribution in [0.2, 0.25) is 0 Å². The van der Waals surface area contributed by atoms with Crippen molar-refractivity contribution in [2.24, 2.45) is 0 Å². The Bertz CT molecular complexity index is 858. The van der Waals surface area contributed by atoms with Gasteiger partial charge in [0.15, 0.2) is 0 Å². The Morgan fingerprint density at radius 1 is 1.24 bits per heavy atom. The van der Waals surface area contributed by atoms with E-state index in [9.17, 15) is 23.8 Å². The number of ether oxygens (including phenoxy) is 1. The van der Waals surface area contributed by atoms with Crippen LogP contribution in [0.25, 0.3) is 0 Å². The molecule has 0 aromatic heterocycles. The van der Waals surface area contributed by atoms with Crippen molar-refractivity contribution in [2.45, 2.75) is 38.0 Å². The fourth-order valence-electron chi connectivity index (χ4n) is 3.53. The maximum atomic E-state index is 13.5. The van der Waals surface area contributed by atoms with Crippen molar-refractivity contribution in [3.63, 3.8) is 0 Å². The van der Waals surface area contributed by atoms with Crippen molar-refractivity contribution in [1.82, 2.24) is 10.6 Å². The first kappa shape index (κ1) is 21.0. The van der Waals surface area contributed by atoms with Crippen molar-refractivity contribution in [1.29, 1.82) is 0 Å². The normalized spacial score (nSPS) is 17.7. The molecule has 6 nitrogen and oxygen atoms in total. The largest absolute Gasteiger partial charge is 0.508 e. The Kier molecular flexibility index (Phi) is 6.66. The summed E-state index contributed by atoms with van der Waals surface area (Å²) in [5, 5.41) is 26.3. The SMILES string of the molecule is CC(=O)NC(Cc1cc(F)cc(F)c1)C(O)CN[C@H]1CCOc2ccc(O)cc21. The van der Waals surface area contributed by atoms with E-state index in [2.05, 4.69) is 10.6 Å². The van der Waals surface area contributed by atoms with E-state index in [1.54, 1.807) is 18.2 Å². The lowest BCUT2D eigenvalue weighted by molar-refractivity contribution is -0.120. The average molecular weight is 406 g/mol. The molecule has 0 bridgehead atoms. The number of aliphatic hydroxyl groups is 1. The Morgan fingerprint density at radius 2 is 1.97 bits per heavy atom. The molecular weight excluding hydrogens is 382 g/mol. The number of hydrogen-bond acceptors (Lipinski definition) is 5. The summed E-state index contributed by atoms with van der Waals surface area (Å²) >= 11 is 0. The molecule has 0 radical (unpaired) electrons. The number of amides is 1. The topological polar surface area (TPSA) is 90.8 Å². The van der Waals surface area contributed by atoms with Crippen LogP contribution < -0.4 is 15.4 Å². The van der Waals surface area contributed by atoms with Crippen molar-refractivity contribution < 1.29 is 28.5 Å². The van der Waals surface area contributed by atoms with Crippen molar-refractivity contribution in [3.05, 3.63) is 59.2 Å². The molecule has 0 saturated heterocycles. The van der Waals surface area contributed by atoms with Crippen LogP contribution in [0.1, 0.15) is 30.5 Å². The van der Waals surface area contributed by atoms with Gasteiger partial charge in [-0.1, -0.05) is 0 Å². The second kappa shape index (κ2) is 9.19. The molecule has 0 spiro atoms. The summed E-state index contributed by atoms with van der Waals surface area (Å²) in [6, 6.07) is 7.08. The van der Waals surface area contributed by atoms with Crippen LogP contribution in [-0.2, 0) is 11.2 Å². The Morgan fingerprint density at radius 3 is 2.66 bits per heavy atom. The van der Waals surface area contributed by atoms with Gasteiger partial charge in [-0.3, -0.25) is 4.79 Å². The zero-order valence-electron chi connectivity index (χ0n) is 16.0. The van der Waals surface area contributed by atoms with Gasteiger partial charge in [-0.2, -0.15) is 0 Å². The van der Waals surface area contributed by atoms with Crippen LogP contribution in [0.5, 0.6) is 11.5 Å². The highest BCUT2D eigenvalue weighted by molar-refractivity contribution is 5.73. The van der Waals surface area contributed by atoms with Crippen molar-refractivity contribution in [3.8, 4) is 11.5 Å². The summed E-state index contributed by atoms with van der Waals surface area (Å²) in [6.45, 7) is 1.93. The second-order valence-electron chi connectivity index (χ2n) is 7.18. The lowest BCUT2D eigenvalue weighted by Gasteiger charge is -2.30. The van der Waals surface area contributed by atoms with E-state index in [0.717, 1.165) is 11.6 Å². The first-order chi connectivity index (χ1) is 13.8. The Balaban J connectivity index is 1.68. The molecule has 29 heavy (non-hydrogen) atoms. The molecule has 0 aliphatic carbocycles. The maximum absolute atomic E-state index is 13.5. The molecule has 3 atom stereocenters. The summed E-state index contributed by atoms with van der Waals surface area (Å²) in [5.74, 6) is -1.01. The fourth-order valence-corrected chi connectivity index (χ4v) is 3.53. The van der Waals surface area contributed by atoms with E-state index < -0.39 is 23.8 Å². The number of hydrogen-bond donors (Lipinski definition) is 4. The van der Waals surface area contributed by atoms with Crippen LogP contribution >= 0.6 is 0 Å². The van der Waals surface area contributed by atoms with Crippen LogP contribution in [0.15, 0.2) is 36.4 Å². The number of aromatic hydroxyl groups is 1. The summed E-state index contributed by atoms with van der Waals surface area (Å²) in [6.07, 6.45) is -0.292. The molecule has 2 unspecified atom stereocenters. The molecular formula is C21H24F2N2O4. The number of halogens is 2. The van der Waals surface area contributed by atoms with Gasteiger partial charge < -0.3 is 25.6 Å². The van der Waals surface area contributed by atoms with Crippen LogP contribution in [-0.4, -0.2) is 41.4 Å². The molecule has 2 aromatic rings. The van der Waals surface area contributed by atoms with Gasteiger partial charge in [-0.15, -0.1) is 0 Å². The molecule has 3 rings (SSSR count). The summed E-state index contributed by atoms with van der Waals surface area (Å²) in [4.78, 5) is 11.6. The maximum Gasteiger partial charge on any atom is 0.217 e. The molecule has 1 aliphatic rings. The van der Waals surface area contributed by atoms with Crippen molar-refractivity contribution in [2.75, 3.05) is 13.2 Å².